The van der Waals surface area contributed by atoms with E-state index in [1.807, 2.05) is 6.92 Å². The fourth-order valence-electron chi connectivity index (χ4n) is 1.47. The van der Waals surface area contributed by atoms with Gasteiger partial charge in [-0.2, -0.15) is 8.78 Å². The Kier molecular flexibility index (Phi) is 4.62. The largest absolute Gasteiger partial charge is 0.306 e. The molecule has 7 heteroatoms. The molecular weight excluding hydrogens is 284 g/mol. The zero-order valence-corrected chi connectivity index (χ0v) is 11.3. The molecule has 4 nitrogen and oxygen atoms in total. The Balaban J connectivity index is 2.18. The van der Waals surface area contributed by atoms with Crippen molar-refractivity contribution in [2.45, 2.75) is 17.7 Å². The average Bonchev–Trinajstić information content (AvgIpc) is 2.41. The second-order valence-corrected chi connectivity index (χ2v) is 4.89. The molecule has 0 spiro atoms. The maximum absolute atomic E-state index is 12.4. The molecule has 0 fully saturated rings. The third kappa shape index (κ3) is 3.74. The minimum atomic E-state index is -2.63. The number of hydrogen-bond acceptors (Lipinski definition) is 4. The van der Waals surface area contributed by atoms with Gasteiger partial charge < -0.3 is 5.32 Å². The van der Waals surface area contributed by atoms with Crippen LogP contribution in [0.15, 0.2) is 41.7 Å². The van der Waals surface area contributed by atoms with Crippen LogP contribution in [-0.2, 0) is 0 Å². The summed E-state index contributed by atoms with van der Waals surface area (Å²) in [6.45, 7) is 1.87. The quantitative estimate of drug-likeness (QED) is 0.879. The van der Waals surface area contributed by atoms with Gasteiger partial charge in [0.05, 0.1) is 5.56 Å². The Hall–Kier alpha value is -2.02. The van der Waals surface area contributed by atoms with Gasteiger partial charge in [-0.25, -0.2) is 9.97 Å². The SMILES string of the molecule is Cc1ccc(NC(=O)c2cccnc2SC(F)F)nc1. The molecule has 0 aliphatic rings. The van der Waals surface area contributed by atoms with Gasteiger partial charge in [0, 0.05) is 12.4 Å². The normalized spacial score (nSPS) is 10.6. The number of aromatic nitrogens is 2. The van der Waals surface area contributed by atoms with Crippen molar-refractivity contribution >= 4 is 23.5 Å². The van der Waals surface area contributed by atoms with Crippen molar-refractivity contribution in [1.29, 1.82) is 0 Å². The molecule has 2 rings (SSSR count). The molecule has 0 aliphatic carbocycles. The average molecular weight is 295 g/mol. The number of aryl methyl sites for hydroxylation is 1. The Labute approximate surface area is 118 Å². The topological polar surface area (TPSA) is 54.9 Å². The smallest absolute Gasteiger partial charge is 0.290 e. The number of nitrogens with zero attached hydrogens (tertiary/aromatic N) is 2. The number of anilines is 1. The van der Waals surface area contributed by atoms with Crippen LogP contribution in [-0.4, -0.2) is 21.6 Å². The van der Waals surface area contributed by atoms with Gasteiger partial charge in [-0.1, -0.05) is 6.07 Å². The molecule has 2 aromatic rings. The number of nitrogens with one attached hydrogen (secondary N) is 1. The number of rotatable bonds is 4. The number of carbonyl (C=O) groups is 1. The Morgan fingerprint density at radius 3 is 2.75 bits per heavy atom. The molecule has 2 aromatic heterocycles. The molecule has 0 radical (unpaired) electrons. The van der Waals surface area contributed by atoms with E-state index in [1.54, 1.807) is 18.3 Å². The van der Waals surface area contributed by atoms with Crippen molar-refractivity contribution in [3.63, 3.8) is 0 Å². The van der Waals surface area contributed by atoms with E-state index < -0.39 is 11.7 Å². The van der Waals surface area contributed by atoms with Crippen molar-refractivity contribution in [2.24, 2.45) is 0 Å². The lowest BCUT2D eigenvalue weighted by atomic mass is 10.2. The maximum Gasteiger partial charge on any atom is 0.290 e. The lowest BCUT2D eigenvalue weighted by Crippen LogP contribution is -2.14. The van der Waals surface area contributed by atoms with E-state index in [9.17, 15) is 13.6 Å². The van der Waals surface area contributed by atoms with Crippen LogP contribution in [0.4, 0.5) is 14.6 Å². The third-order valence-electron chi connectivity index (χ3n) is 2.37. The molecule has 0 bridgehead atoms. The highest BCUT2D eigenvalue weighted by Gasteiger charge is 2.16. The lowest BCUT2D eigenvalue weighted by molar-refractivity contribution is 0.102. The van der Waals surface area contributed by atoms with Crippen molar-refractivity contribution < 1.29 is 13.6 Å². The summed E-state index contributed by atoms with van der Waals surface area (Å²) >= 11 is 0.241. The van der Waals surface area contributed by atoms with E-state index in [0.29, 0.717) is 5.82 Å². The van der Waals surface area contributed by atoms with E-state index in [0.717, 1.165) is 5.56 Å². The van der Waals surface area contributed by atoms with Crippen LogP contribution in [0.1, 0.15) is 15.9 Å². The third-order valence-corrected chi connectivity index (χ3v) is 3.10. The van der Waals surface area contributed by atoms with Gasteiger partial charge in [0.15, 0.2) is 0 Å². The van der Waals surface area contributed by atoms with Crippen molar-refractivity contribution in [1.82, 2.24) is 9.97 Å². The monoisotopic (exact) mass is 295 g/mol. The highest BCUT2D eigenvalue weighted by Crippen LogP contribution is 2.26. The molecule has 0 saturated carbocycles. The number of pyridine rings is 2. The summed E-state index contributed by atoms with van der Waals surface area (Å²) in [5.41, 5.74) is 1.05. The van der Waals surface area contributed by atoms with Crippen molar-refractivity contribution in [2.75, 3.05) is 5.32 Å². The molecule has 1 amide bonds. The standard InChI is InChI=1S/C13H11F2N3OS/c1-8-4-5-10(17-7-8)18-11(19)9-3-2-6-16-12(9)20-13(14)15/h2-7,13H,1H3,(H,17,18,19). The van der Waals surface area contributed by atoms with Crippen LogP contribution in [0.2, 0.25) is 0 Å². The number of hydrogen-bond donors (Lipinski definition) is 1. The predicted molar refractivity (Wildman–Crippen MR) is 73.0 cm³/mol. The van der Waals surface area contributed by atoms with Gasteiger partial charge >= 0.3 is 0 Å². The Morgan fingerprint density at radius 2 is 2.10 bits per heavy atom. The molecule has 0 aromatic carbocycles. The summed E-state index contributed by atoms with van der Waals surface area (Å²) < 4.78 is 24.8. The van der Waals surface area contributed by atoms with E-state index in [2.05, 4.69) is 15.3 Å². The highest BCUT2D eigenvalue weighted by molar-refractivity contribution is 7.99. The summed E-state index contributed by atoms with van der Waals surface area (Å²) in [5, 5.41) is 2.54. The van der Waals surface area contributed by atoms with Crippen LogP contribution >= 0.6 is 11.8 Å². The first-order chi connectivity index (χ1) is 9.56. The summed E-state index contributed by atoms with van der Waals surface area (Å²) in [4.78, 5) is 19.9. The molecule has 104 valence electrons. The minimum Gasteiger partial charge on any atom is -0.306 e. The summed E-state index contributed by atoms with van der Waals surface area (Å²) in [6.07, 6.45) is 2.97. The van der Waals surface area contributed by atoms with Gasteiger partial charge in [0.25, 0.3) is 11.7 Å². The number of carbonyl (C=O) groups excluding carboxylic acids is 1. The second-order valence-electron chi connectivity index (χ2n) is 3.91. The maximum atomic E-state index is 12.4. The van der Waals surface area contributed by atoms with Crippen LogP contribution in [0.25, 0.3) is 0 Å². The van der Waals surface area contributed by atoms with Crippen molar-refractivity contribution in [3.05, 3.63) is 47.8 Å². The van der Waals surface area contributed by atoms with E-state index in [4.69, 9.17) is 0 Å². The van der Waals surface area contributed by atoms with Gasteiger partial charge in [-0.15, -0.1) is 0 Å². The molecule has 20 heavy (non-hydrogen) atoms. The molecule has 1 N–H and O–H groups in total. The lowest BCUT2D eigenvalue weighted by Gasteiger charge is -2.08. The molecule has 0 atom stereocenters. The zero-order valence-electron chi connectivity index (χ0n) is 10.5. The minimum absolute atomic E-state index is 0.00730. The first kappa shape index (κ1) is 14.4. The first-order valence-corrected chi connectivity index (χ1v) is 6.58. The molecule has 0 aliphatic heterocycles. The first-order valence-electron chi connectivity index (χ1n) is 5.70. The predicted octanol–water partition coefficient (Wildman–Crippen LogP) is 3.35. The number of halogens is 2. The van der Waals surface area contributed by atoms with Crippen molar-refractivity contribution in [3.8, 4) is 0 Å². The van der Waals surface area contributed by atoms with E-state index >= 15 is 0 Å². The Bertz CT molecular complexity index is 605. The van der Waals surface area contributed by atoms with Crippen LogP contribution in [0.3, 0.4) is 0 Å². The van der Waals surface area contributed by atoms with E-state index in [1.165, 1.54) is 18.3 Å². The van der Waals surface area contributed by atoms with Gasteiger partial charge in [0.2, 0.25) is 0 Å². The fourth-order valence-corrected chi connectivity index (χ4v) is 2.05. The van der Waals surface area contributed by atoms with Gasteiger partial charge in [-0.05, 0) is 42.4 Å². The highest BCUT2D eigenvalue weighted by atomic mass is 32.2. The van der Waals surface area contributed by atoms with Crippen LogP contribution in [0.5, 0.6) is 0 Å². The summed E-state index contributed by atoms with van der Waals surface area (Å²) in [7, 11) is 0. The molecular formula is C13H11F2N3OS. The zero-order chi connectivity index (χ0) is 14.5. The molecule has 0 saturated heterocycles. The number of thioether (sulfide) groups is 1. The second kappa shape index (κ2) is 6.42. The molecule has 0 unspecified atom stereocenters. The van der Waals surface area contributed by atoms with Crippen LogP contribution < -0.4 is 5.32 Å². The molecule has 2 heterocycles. The van der Waals surface area contributed by atoms with E-state index in [-0.39, 0.29) is 22.4 Å². The number of alkyl halides is 2. The number of amides is 1. The fraction of sp³-hybridized carbons (Fsp3) is 0.154. The van der Waals surface area contributed by atoms with Gasteiger partial charge in [-0.3, -0.25) is 4.79 Å². The Morgan fingerprint density at radius 1 is 1.30 bits per heavy atom. The van der Waals surface area contributed by atoms with Crippen LogP contribution in [0, 0.1) is 6.92 Å². The summed E-state index contributed by atoms with van der Waals surface area (Å²) in [5.74, 6) is -2.79. The summed E-state index contributed by atoms with van der Waals surface area (Å²) in [6, 6.07) is 6.40. The van der Waals surface area contributed by atoms with Gasteiger partial charge in [0.1, 0.15) is 10.8 Å².